The van der Waals surface area contributed by atoms with Gasteiger partial charge in [0.1, 0.15) is 17.0 Å². The number of aryl methyl sites for hydroxylation is 1. The summed E-state index contributed by atoms with van der Waals surface area (Å²) in [5, 5.41) is 4.38. The summed E-state index contributed by atoms with van der Waals surface area (Å²) in [6.45, 7) is 4.29. The highest BCUT2D eigenvalue weighted by Gasteiger charge is 2.28. The number of carbonyl (C=O) groups excluding carboxylic acids is 1. The minimum absolute atomic E-state index is 0.107. The van der Waals surface area contributed by atoms with Crippen LogP contribution >= 0.6 is 11.3 Å². The number of pyridine rings is 1. The molecule has 1 fully saturated rings. The zero-order valence-corrected chi connectivity index (χ0v) is 19.5. The van der Waals surface area contributed by atoms with Crippen LogP contribution in [0.25, 0.3) is 10.2 Å². The number of thiophene rings is 1. The van der Waals surface area contributed by atoms with Gasteiger partial charge in [0.2, 0.25) is 0 Å². The van der Waals surface area contributed by atoms with Gasteiger partial charge in [0.15, 0.2) is 0 Å². The van der Waals surface area contributed by atoms with Crippen LogP contribution in [0.5, 0.6) is 0 Å². The Morgan fingerprint density at radius 1 is 1.12 bits per heavy atom. The summed E-state index contributed by atoms with van der Waals surface area (Å²) < 4.78 is 0. The summed E-state index contributed by atoms with van der Waals surface area (Å²) in [7, 11) is 0. The standard InChI is InChI=1S/C26H27N5OS/c1-18-22-24(28-14-12-21-11-5-6-13-27-21)29-17-30-25(22)33-23(18)26(32)31-15-7-10-20(16-31)19-8-3-2-4-9-19/h2-6,8-9,11,13,17,20H,7,10,12,14-16H2,1H3,(H,28,29,30). The molecule has 1 saturated heterocycles. The summed E-state index contributed by atoms with van der Waals surface area (Å²) in [5.74, 6) is 1.28. The van der Waals surface area contributed by atoms with Crippen LogP contribution in [0.15, 0.2) is 61.1 Å². The Labute approximate surface area is 197 Å². The second-order valence-corrected chi connectivity index (χ2v) is 9.46. The third kappa shape index (κ3) is 4.59. The maximum absolute atomic E-state index is 13.5. The van der Waals surface area contributed by atoms with Crippen LogP contribution in [-0.2, 0) is 6.42 Å². The molecule has 7 heteroatoms. The van der Waals surface area contributed by atoms with Crippen molar-refractivity contribution in [3.8, 4) is 0 Å². The molecule has 1 N–H and O–H groups in total. The molecular formula is C26H27N5OS. The highest BCUT2D eigenvalue weighted by Crippen LogP contribution is 2.35. The molecule has 6 nitrogen and oxygen atoms in total. The third-order valence-corrected chi connectivity index (χ3v) is 7.49. The number of benzene rings is 1. The van der Waals surface area contributed by atoms with Crippen molar-refractivity contribution in [2.24, 2.45) is 0 Å². The van der Waals surface area contributed by atoms with E-state index in [2.05, 4.69) is 44.5 Å². The molecule has 4 heterocycles. The van der Waals surface area contributed by atoms with E-state index in [1.54, 1.807) is 6.33 Å². The van der Waals surface area contributed by atoms with Crippen molar-refractivity contribution in [1.29, 1.82) is 0 Å². The molecule has 0 bridgehead atoms. The Kier molecular flexibility index (Phi) is 6.30. The Morgan fingerprint density at radius 2 is 1.97 bits per heavy atom. The molecule has 0 saturated carbocycles. The molecular weight excluding hydrogens is 430 g/mol. The van der Waals surface area contributed by atoms with E-state index in [0.717, 1.165) is 64.5 Å². The Hall–Kier alpha value is -3.32. The SMILES string of the molecule is Cc1c(C(=O)N2CCCC(c3ccccc3)C2)sc2ncnc(NCCc3ccccn3)c12. The monoisotopic (exact) mass is 457 g/mol. The first kappa shape index (κ1) is 21.5. The molecule has 1 atom stereocenters. The second kappa shape index (κ2) is 9.67. The van der Waals surface area contributed by atoms with E-state index in [1.807, 2.05) is 42.3 Å². The smallest absolute Gasteiger partial charge is 0.264 e. The van der Waals surface area contributed by atoms with Crippen molar-refractivity contribution in [3.05, 3.63) is 82.8 Å². The number of fused-ring (bicyclic) bond motifs is 1. The Bertz CT molecular complexity index is 1240. The number of nitrogens with zero attached hydrogens (tertiary/aromatic N) is 4. The second-order valence-electron chi connectivity index (χ2n) is 8.46. The summed E-state index contributed by atoms with van der Waals surface area (Å²) >= 11 is 1.47. The number of aromatic nitrogens is 3. The topological polar surface area (TPSA) is 71.0 Å². The van der Waals surface area contributed by atoms with Gasteiger partial charge in [0, 0.05) is 43.9 Å². The highest BCUT2D eigenvalue weighted by atomic mass is 32.1. The van der Waals surface area contributed by atoms with Crippen molar-refractivity contribution in [2.75, 3.05) is 25.0 Å². The van der Waals surface area contributed by atoms with E-state index in [4.69, 9.17) is 0 Å². The molecule has 1 unspecified atom stereocenters. The molecule has 168 valence electrons. The third-order valence-electron chi connectivity index (χ3n) is 6.30. The Balaban J connectivity index is 1.34. The van der Waals surface area contributed by atoms with E-state index in [0.29, 0.717) is 12.5 Å². The average molecular weight is 458 g/mol. The van der Waals surface area contributed by atoms with Gasteiger partial charge >= 0.3 is 0 Å². The lowest BCUT2D eigenvalue weighted by Crippen LogP contribution is -2.39. The molecule has 0 spiro atoms. The molecule has 1 aliphatic rings. The predicted molar refractivity (Wildman–Crippen MR) is 133 cm³/mol. The number of piperidine rings is 1. The summed E-state index contributed by atoms with van der Waals surface area (Å²) in [5.41, 5.74) is 3.31. The normalized spacial score (nSPS) is 16.2. The molecule has 1 amide bonds. The maximum atomic E-state index is 13.5. The lowest BCUT2D eigenvalue weighted by atomic mass is 9.90. The molecule has 0 radical (unpaired) electrons. The van der Waals surface area contributed by atoms with Crippen LogP contribution < -0.4 is 5.32 Å². The van der Waals surface area contributed by atoms with Crippen molar-refractivity contribution in [2.45, 2.75) is 32.1 Å². The number of hydrogen-bond donors (Lipinski definition) is 1. The molecule has 33 heavy (non-hydrogen) atoms. The van der Waals surface area contributed by atoms with Gasteiger partial charge in [0.25, 0.3) is 5.91 Å². The number of amides is 1. The van der Waals surface area contributed by atoms with Crippen molar-refractivity contribution in [1.82, 2.24) is 19.9 Å². The van der Waals surface area contributed by atoms with E-state index < -0.39 is 0 Å². The fourth-order valence-electron chi connectivity index (χ4n) is 4.57. The molecule has 4 aromatic rings. The number of rotatable bonds is 6. The summed E-state index contributed by atoms with van der Waals surface area (Å²) in [6.07, 6.45) is 6.32. The lowest BCUT2D eigenvalue weighted by molar-refractivity contribution is 0.0711. The molecule has 5 rings (SSSR count). The van der Waals surface area contributed by atoms with Gasteiger partial charge in [-0.1, -0.05) is 36.4 Å². The fraction of sp³-hybridized carbons (Fsp3) is 0.308. The first-order chi connectivity index (χ1) is 16.2. The number of carbonyl (C=O) groups is 1. The van der Waals surface area contributed by atoms with E-state index in [1.165, 1.54) is 16.9 Å². The van der Waals surface area contributed by atoms with Gasteiger partial charge in [-0.25, -0.2) is 9.97 Å². The van der Waals surface area contributed by atoms with Crippen LogP contribution in [0.3, 0.4) is 0 Å². The zero-order chi connectivity index (χ0) is 22.6. The Morgan fingerprint density at radius 3 is 2.79 bits per heavy atom. The van der Waals surface area contributed by atoms with E-state index in [-0.39, 0.29) is 5.91 Å². The van der Waals surface area contributed by atoms with Gasteiger partial charge in [-0.2, -0.15) is 0 Å². The number of nitrogens with one attached hydrogen (secondary N) is 1. The number of anilines is 1. The van der Waals surface area contributed by atoms with Crippen molar-refractivity contribution >= 4 is 33.3 Å². The molecule has 3 aromatic heterocycles. The first-order valence-electron chi connectivity index (χ1n) is 11.4. The first-order valence-corrected chi connectivity index (χ1v) is 12.2. The zero-order valence-electron chi connectivity index (χ0n) is 18.7. The number of likely N-dealkylation sites (tertiary alicyclic amines) is 1. The van der Waals surface area contributed by atoms with E-state index >= 15 is 0 Å². The van der Waals surface area contributed by atoms with Crippen LogP contribution in [0, 0.1) is 6.92 Å². The number of hydrogen-bond acceptors (Lipinski definition) is 6. The maximum Gasteiger partial charge on any atom is 0.264 e. The van der Waals surface area contributed by atoms with E-state index in [9.17, 15) is 4.79 Å². The van der Waals surface area contributed by atoms with Gasteiger partial charge in [-0.05, 0) is 43.0 Å². The van der Waals surface area contributed by atoms with Gasteiger partial charge < -0.3 is 10.2 Å². The molecule has 0 aliphatic carbocycles. The minimum Gasteiger partial charge on any atom is -0.369 e. The fourth-order valence-corrected chi connectivity index (χ4v) is 5.68. The average Bonchev–Trinajstić information content (AvgIpc) is 3.22. The van der Waals surface area contributed by atoms with Crippen molar-refractivity contribution in [3.63, 3.8) is 0 Å². The summed E-state index contributed by atoms with van der Waals surface area (Å²) in [4.78, 5) is 30.5. The lowest BCUT2D eigenvalue weighted by Gasteiger charge is -2.33. The quantitative estimate of drug-likeness (QED) is 0.438. The van der Waals surface area contributed by atoms with Crippen LogP contribution in [0.4, 0.5) is 5.82 Å². The predicted octanol–water partition coefficient (Wildman–Crippen LogP) is 5.07. The van der Waals surface area contributed by atoms with Gasteiger partial charge in [-0.3, -0.25) is 9.78 Å². The van der Waals surface area contributed by atoms with Crippen molar-refractivity contribution < 1.29 is 4.79 Å². The summed E-state index contributed by atoms with van der Waals surface area (Å²) in [6, 6.07) is 16.5. The minimum atomic E-state index is 0.107. The molecule has 1 aromatic carbocycles. The van der Waals surface area contributed by atoms with Crippen LogP contribution in [0.1, 0.15) is 45.3 Å². The van der Waals surface area contributed by atoms with Crippen LogP contribution in [0.2, 0.25) is 0 Å². The van der Waals surface area contributed by atoms with Gasteiger partial charge in [0.05, 0.1) is 10.3 Å². The van der Waals surface area contributed by atoms with Gasteiger partial charge in [-0.15, -0.1) is 11.3 Å². The molecule has 1 aliphatic heterocycles. The highest BCUT2D eigenvalue weighted by molar-refractivity contribution is 7.20. The van der Waals surface area contributed by atoms with Crippen LogP contribution in [-0.4, -0.2) is 45.4 Å². The largest absolute Gasteiger partial charge is 0.369 e.